The predicted octanol–water partition coefficient (Wildman–Crippen LogP) is 4.64. The number of hydrogen-bond acceptors (Lipinski definition) is 6. The Morgan fingerprint density at radius 1 is 0.526 bits per heavy atom. The SMILES string of the molecule is O=S(=O)([O][Hg][c]1ccc2ccccc2c1-c1[c]([Hg][O]S(=O)(=O)C(F)(F)F)ccc2ccccc12)C(F)(F)F. The maximum atomic E-state index is 13.0. The molecule has 4 aromatic carbocycles. The normalized spacial score (nSPS) is 12.9. The van der Waals surface area contributed by atoms with Crippen molar-refractivity contribution in [2.24, 2.45) is 0 Å². The van der Waals surface area contributed by atoms with Gasteiger partial charge in [-0.25, -0.2) is 0 Å². The molecule has 0 aromatic heterocycles. The Labute approximate surface area is 238 Å². The van der Waals surface area contributed by atoms with Gasteiger partial charge < -0.3 is 0 Å². The van der Waals surface area contributed by atoms with Gasteiger partial charge in [-0.3, -0.25) is 0 Å². The van der Waals surface area contributed by atoms with Gasteiger partial charge in [0.15, 0.2) is 0 Å². The molecule has 0 bridgehead atoms. The second-order valence-electron chi connectivity index (χ2n) is 7.97. The summed E-state index contributed by atoms with van der Waals surface area (Å²) in [6.45, 7) is 0. The standard InChI is InChI=1S/C20H12.2CHF3O3S.2Hg/c1-3-11-17-15(7-1)9-5-13-19(17)20-14-6-10-16-8-2-4-12-18(16)20;2*2-1(3,4)8(5,6)7;;/h1-12H;2*(H,5,6,7);;/q;;;2*+1/p-2. The number of fused-ring (bicyclic) bond motifs is 2. The van der Waals surface area contributed by atoms with Crippen molar-refractivity contribution in [2.45, 2.75) is 11.0 Å². The molecule has 4 rings (SSSR count). The van der Waals surface area contributed by atoms with Crippen LogP contribution in [0.15, 0.2) is 72.8 Å². The van der Waals surface area contributed by atoms with Crippen LogP contribution in [0, 0.1) is 0 Å². The molecule has 6 nitrogen and oxygen atoms in total. The van der Waals surface area contributed by atoms with Crippen LogP contribution in [0.1, 0.15) is 0 Å². The van der Waals surface area contributed by atoms with Crippen LogP contribution in [-0.2, 0) is 74.5 Å². The summed E-state index contributed by atoms with van der Waals surface area (Å²) in [5.74, 6) is 0. The molecule has 38 heavy (non-hydrogen) atoms. The van der Waals surface area contributed by atoms with Crippen LogP contribution in [0.25, 0.3) is 32.7 Å². The molecule has 0 radical (unpaired) electrons. The molecule has 0 aliphatic carbocycles. The van der Waals surface area contributed by atoms with E-state index >= 15 is 0 Å². The van der Waals surface area contributed by atoms with Gasteiger partial charge in [0.1, 0.15) is 0 Å². The Morgan fingerprint density at radius 2 is 0.868 bits per heavy atom. The summed E-state index contributed by atoms with van der Waals surface area (Å²) < 4.78 is 134. The molecule has 0 aliphatic heterocycles. The third kappa shape index (κ3) is 6.04. The van der Waals surface area contributed by atoms with Crippen molar-refractivity contribution in [3.8, 4) is 11.1 Å². The van der Waals surface area contributed by atoms with E-state index in [1.54, 1.807) is 60.7 Å². The first-order chi connectivity index (χ1) is 17.6. The van der Waals surface area contributed by atoms with Gasteiger partial charge in [-0.2, -0.15) is 0 Å². The van der Waals surface area contributed by atoms with E-state index in [4.69, 9.17) is 0 Å². The summed E-state index contributed by atoms with van der Waals surface area (Å²) in [6.07, 6.45) is 0. The fourth-order valence-corrected chi connectivity index (χ4v) is 20.1. The molecule has 0 saturated heterocycles. The van der Waals surface area contributed by atoms with Crippen LogP contribution >= 0.6 is 0 Å². The minimum absolute atomic E-state index is 0.209. The summed E-state index contributed by atoms with van der Waals surface area (Å²) >= 11 is -7.15. The van der Waals surface area contributed by atoms with Crippen molar-refractivity contribution >= 4 is 47.9 Å². The van der Waals surface area contributed by atoms with Crippen molar-refractivity contribution < 1.29 is 97.4 Å². The Hall–Kier alpha value is -1.33. The van der Waals surface area contributed by atoms with Crippen molar-refractivity contribution in [1.29, 1.82) is 0 Å². The molecule has 0 N–H and O–H groups in total. The van der Waals surface area contributed by atoms with Gasteiger partial charge in [0.05, 0.1) is 0 Å². The first-order valence-electron chi connectivity index (χ1n) is 10.6. The van der Waals surface area contributed by atoms with Gasteiger partial charge >= 0.3 is 240 Å². The monoisotopic (exact) mass is 954 g/mol. The molecule has 0 saturated carbocycles. The number of halogens is 6. The summed E-state index contributed by atoms with van der Waals surface area (Å²) in [6, 6.07) is 19.4. The topological polar surface area (TPSA) is 86.7 Å². The van der Waals surface area contributed by atoms with E-state index in [1.165, 1.54) is 12.1 Å². The predicted molar refractivity (Wildman–Crippen MR) is 118 cm³/mol. The number of hydrogen-bond donors (Lipinski definition) is 0. The van der Waals surface area contributed by atoms with Gasteiger partial charge in [0.2, 0.25) is 0 Å². The zero-order valence-corrected chi connectivity index (χ0v) is 31.5. The summed E-state index contributed by atoms with van der Waals surface area (Å²) in [5.41, 5.74) is -10.7. The molecule has 0 unspecified atom stereocenters. The molecule has 0 heterocycles. The molecule has 0 spiro atoms. The molecule has 4 aromatic rings. The van der Waals surface area contributed by atoms with E-state index in [0.29, 0.717) is 32.7 Å². The van der Waals surface area contributed by atoms with Gasteiger partial charge in [-0.15, -0.1) is 0 Å². The van der Waals surface area contributed by atoms with Crippen LogP contribution in [0.5, 0.6) is 0 Å². The van der Waals surface area contributed by atoms with Gasteiger partial charge in [-0.1, -0.05) is 0 Å². The van der Waals surface area contributed by atoms with Crippen LogP contribution in [0.2, 0.25) is 0 Å². The maximum absolute atomic E-state index is 13.0. The molecular formula is C22H12F6Hg2O6S2. The van der Waals surface area contributed by atoms with E-state index in [9.17, 15) is 43.2 Å². The fourth-order valence-electron chi connectivity index (χ4n) is 3.88. The summed E-state index contributed by atoms with van der Waals surface area (Å²) in [4.78, 5) is 0. The van der Waals surface area contributed by atoms with Crippen LogP contribution < -0.4 is 6.14 Å². The van der Waals surface area contributed by atoms with Crippen molar-refractivity contribution in [3.05, 3.63) is 72.8 Å². The zero-order chi connectivity index (χ0) is 27.9. The Morgan fingerprint density at radius 3 is 1.21 bits per heavy atom. The molecule has 0 amide bonds. The van der Waals surface area contributed by atoms with Gasteiger partial charge in [-0.05, 0) is 0 Å². The van der Waals surface area contributed by atoms with Gasteiger partial charge in [0.25, 0.3) is 0 Å². The third-order valence-electron chi connectivity index (χ3n) is 5.59. The van der Waals surface area contributed by atoms with E-state index in [2.05, 4.69) is 4.18 Å². The molecule has 194 valence electrons. The Kier molecular flexibility index (Phi) is 8.52. The summed E-state index contributed by atoms with van der Waals surface area (Å²) in [5, 5.41) is 2.22. The van der Waals surface area contributed by atoms with Crippen LogP contribution in [-0.4, -0.2) is 27.9 Å². The van der Waals surface area contributed by atoms with E-state index in [1.807, 2.05) is 0 Å². The minimum atomic E-state index is -5.86. The number of benzene rings is 4. The quantitative estimate of drug-likeness (QED) is 0.153. The van der Waals surface area contributed by atoms with E-state index < -0.39 is 81.3 Å². The molecule has 0 fully saturated rings. The second-order valence-corrected chi connectivity index (χ2v) is 24.8. The number of rotatable bonds is 7. The first kappa shape index (κ1) is 29.6. The fraction of sp³-hybridized carbons (Fsp3) is 0.0909. The van der Waals surface area contributed by atoms with Crippen LogP contribution in [0.3, 0.4) is 0 Å². The molecular weight excluding hydrogens is 940 g/mol. The van der Waals surface area contributed by atoms with Gasteiger partial charge in [0, 0.05) is 0 Å². The van der Waals surface area contributed by atoms with Crippen molar-refractivity contribution in [1.82, 2.24) is 0 Å². The summed E-state index contributed by atoms with van der Waals surface area (Å²) in [7, 11) is -11.7. The molecule has 0 aliphatic rings. The Bertz CT molecular complexity index is 1610. The average Bonchev–Trinajstić information content (AvgIpc) is 2.84. The van der Waals surface area contributed by atoms with Crippen molar-refractivity contribution in [3.63, 3.8) is 0 Å². The van der Waals surface area contributed by atoms with E-state index in [-0.39, 0.29) is 6.14 Å². The molecule has 16 heteroatoms. The third-order valence-corrected chi connectivity index (χ3v) is 24.6. The number of alkyl halides is 6. The zero-order valence-electron chi connectivity index (χ0n) is 18.9. The van der Waals surface area contributed by atoms with Crippen molar-refractivity contribution in [2.75, 3.05) is 0 Å². The molecule has 0 atom stereocenters. The first-order valence-corrected chi connectivity index (χ1v) is 23.4. The Balaban J connectivity index is 1.97. The van der Waals surface area contributed by atoms with E-state index in [0.717, 1.165) is 0 Å². The second kappa shape index (κ2) is 10.9. The van der Waals surface area contributed by atoms with Crippen LogP contribution in [0.4, 0.5) is 26.3 Å². The average molecular weight is 952 g/mol.